The van der Waals surface area contributed by atoms with Crippen LogP contribution >= 0.6 is 11.6 Å². The van der Waals surface area contributed by atoms with Gasteiger partial charge in [0.2, 0.25) is 11.8 Å². The van der Waals surface area contributed by atoms with Crippen LogP contribution in [0, 0.1) is 6.92 Å². The fourth-order valence-electron chi connectivity index (χ4n) is 2.20. The van der Waals surface area contributed by atoms with Crippen molar-refractivity contribution in [3.63, 3.8) is 0 Å². The number of rotatable bonds is 7. The molecule has 2 N–H and O–H groups in total. The molecule has 0 aromatic heterocycles. The SMILES string of the molecule is COc1ccc(/C=C/C(=O)NCCC(=O)Nc2cccc(Cl)c2C)cc1. The van der Waals surface area contributed by atoms with Crippen LogP contribution in [-0.4, -0.2) is 25.5 Å². The lowest BCUT2D eigenvalue weighted by Gasteiger charge is -2.09. The summed E-state index contributed by atoms with van der Waals surface area (Å²) in [7, 11) is 1.60. The molecule has 2 amide bonds. The van der Waals surface area contributed by atoms with Crippen LogP contribution in [0.5, 0.6) is 5.75 Å². The van der Waals surface area contributed by atoms with E-state index in [0.717, 1.165) is 16.9 Å². The van der Waals surface area contributed by atoms with Gasteiger partial charge in [0, 0.05) is 29.8 Å². The van der Waals surface area contributed by atoms with Gasteiger partial charge < -0.3 is 15.4 Å². The van der Waals surface area contributed by atoms with Gasteiger partial charge in [-0.1, -0.05) is 29.8 Å². The second kappa shape index (κ2) is 9.63. The Bertz CT molecular complexity index is 801. The number of carbonyl (C=O) groups is 2. The molecule has 0 unspecified atom stereocenters. The van der Waals surface area contributed by atoms with Gasteiger partial charge in [0.05, 0.1) is 7.11 Å². The summed E-state index contributed by atoms with van der Waals surface area (Å²) in [6.07, 6.45) is 3.30. The van der Waals surface area contributed by atoms with Gasteiger partial charge in [-0.25, -0.2) is 0 Å². The molecule has 0 radical (unpaired) electrons. The number of halogens is 1. The molecular formula is C20H21ClN2O3. The Hall–Kier alpha value is -2.79. The number of hydrogen-bond acceptors (Lipinski definition) is 3. The van der Waals surface area contributed by atoms with Gasteiger partial charge in [-0.05, 0) is 48.4 Å². The maximum atomic E-state index is 12.0. The van der Waals surface area contributed by atoms with Crippen LogP contribution in [0.3, 0.4) is 0 Å². The van der Waals surface area contributed by atoms with E-state index in [9.17, 15) is 9.59 Å². The number of methoxy groups -OCH3 is 1. The Kier molecular flexibility index (Phi) is 7.24. The first-order valence-corrected chi connectivity index (χ1v) is 8.52. The van der Waals surface area contributed by atoms with E-state index in [2.05, 4.69) is 10.6 Å². The molecule has 0 fully saturated rings. The first-order valence-electron chi connectivity index (χ1n) is 8.14. The number of benzene rings is 2. The molecule has 2 aromatic carbocycles. The number of carbonyl (C=O) groups excluding carboxylic acids is 2. The monoisotopic (exact) mass is 372 g/mol. The summed E-state index contributed by atoms with van der Waals surface area (Å²) in [5, 5.41) is 6.07. The van der Waals surface area contributed by atoms with E-state index in [4.69, 9.17) is 16.3 Å². The molecule has 6 heteroatoms. The first-order chi connectivity index (χ1) is 12.5. The lowest BCUT2D eigenvalue weighted by molar-refractivity contribution is -0.117. The van der Waals surface area contributed by atoms with Crippen molar-refractivity contribution in [3.8, 4) is 5.75 Å². The quantitative estimate of drug-likeness (QED) is 0.726. The molecule has 2 aromatic rings. The molecule has 5 nitrogen and oxygen atoms in total. The van der Waals surface area contributed by atoms with Gasteiger partial charge in [0.15, 0.2) is 0 Å². The highest BCUT2D eigenvalue weighted by Crippen LogP contribution is 2.22. The largest absolute Gasteiger partial charge is 0.497 e. The van der Waals surface area contributed by atoms with Gasteiger partial charge in [-0.15, -0.1) is 0 Å². The van der Waals surface area contributed by atoms with Gasteiger partial charge in [0.1, 0.15) is 5.75 Å². The maximum absolute atomic E-state index is 12.0. The highest BCUT2D eigenvalue weighted by atomic mass is 35.5. The fraction of sp³-hybridized carbons (Fsp3) is 0.200. The molecule has 2 rings (SSSR count). The molecule has 26 heavy (non-hydrogen) atoms. The van der Waals surface area contributed by atoms with E-state index in [0.29, 0.717) is 10.7 Å². The van der Waals surface area contributed by atoms with Crippen LogP contribution in [0.25, 0.3) is 6.08 Å². The second-order valence-corrected chi connectivity index (χ2v) is 6.02. The van der Waals surface area contributed by atoms with Crippen LogP contribution in [-0.2, 0) is 9.59 Å². The van der Waals surface area contributed by atoms with E-state index < -0.39 is 0 Å². The zero-order chi connectivity index (χ0) is 18.9. The van der Waals surface area contributed by atoms with E-state index in [1.54, 1.807) is 31.4 Å². The van der Waals surface area contributed by atoms with Gasteiger partial charge in [-0.2, -0.15) is 0 Å². The average Bonchev–Trinajstić information content (AvgIpc) is 2.64. The summed E-state index contributed by atoms with van der Waals surface area (Å²) in [5.41, 5.74) is 2.37. The minimum absolute atomic E-state index is 0.175. The Labute approximate surface area is 158 Å². The highest BCUT2D eigenvalue weighted by Gasteiger charge is 2.07. The molecule has 0 saturated carbocycles. The molecule has 136 valence electrons. The van der Waals surface area contributed by atoms with Gasteiger partial charge in [-0.3, -0.25) is 9.59 Å². The van der Waals surface area contributed by atoms with E-state index >= 15 is 0 Å². The van der Waals surface area contributed by atoms with Crippen molar-refractivity contribution >= 4 is 35.2 Å². The first kappa shape index (κ1) is 19.5. The molecule has 0 aliphatic heterocycles. The van der Waals surface area contributed by atoms with Crippen molar-refractivity contribution in [1.82, 2.24) is 5.32 Å². The molecule has 0 heterocycles. The molecule has 0 atom stereocenters. The number of amides is 2. The van der Waals surface area contributed by atoms with Gasteiger partial charge >= 0.3 is 0 Å². The Balaban J connectivity index is 1.75. The number of ether oxygens (including phenoxy) is 1. The summed E-state index contributed by atoms with van der Waals surface area (Å²) in [6.45, 7) is 2.08. The Morgan fingerprint density at radius 3 is 2.58 bits per heavy atom. The molecule has 0 spiro atoms. The summed E-state index contributed by atoms with van der Waals surface area (Å²) in [6, 6.07) is 12.7. The molecule has 0 bridgehead atoms. The van der Waals surface area contributed by atoms with E-state index in [-0.39, 0.29) is 24.8 Å². The lowest BCUT2D eigenvalue weighted by Crippen LogP contribution is -2.26. The number of nitrogens with one attached hydrogen (secondary N) is 2. The summed E-state index contributed by atoms with van der Waals surface area (Å²) < 4.78 is 5.08. The summed E-state index contributed by atoms with van der Waals surface area (Å²) >= 11 is 6.02. The van der Waals surface area contributed by atoms with Crippen molar-refractivity contribution in [3.05, 3.63) is 64.7 Å². The summed E-state index contributed by atoms with van der Waals surface area (Å²) in [4.78, 5) is 23.8. The van der Waals surface area contributed by atoms with E-state index in [1.807, 2.05) is 31.2 Å². The normalized spacial score (nSPS) is 10.6. The van der Waals surface area contributed by atoms with Crippen LogP contribution in [0.2, 0.25) is 5.02 Å². The third-order valence-corrected chi connectivity index (χ3v) is 4.15. The van der Waals surface area contributed by atoms with Crippen molar-refractivity contribution < 1.29 is 14.3 Å². The molecule has 0 aliphatic carbocycles. The fourth-order valence-corrected chi connectivity index (χ4v) is 2.38. The van der Waals surface area contributed by atoms with Crippen LogP contribution in [0.4, 0.5) is 5.69 Å². The number of hydrogen-bond donors (Lipinski definition) is 2. The molecular weight excluding hydrogens is 352 g/mol. The summed E-state index contributed by atoms with van der Waals surface area (Å²) in [5.74, 6) is 0.315. The predicted octanol–water partition coefficient (Wildman–Crippen LogP) is 3.82. The zero-order valence-corrected chi connectivity index (χ0v) is 15.5. The van der Waals surface area contributed by atoms with E-state index in [1.165, 1.54) is 6.08 Å². The molecule has 0 saturated heterocycles. The van der Waals surface area contributed by atoms with Crippen molar-refractivity contribution in [2.75, 3.05) is 19.0 Å². The smallest absolute Gasteiger partial charge is 0.244 e. The van der Waals surface area contributed by atoms with Crippen molar-refractivity contribution in [2.24, 2.45) is 0 Å². The highest BCUT2D eigenvalue weighted by molar-refractivity contribution is 6.31. The van der Waals surface area contributed by atoms with Crippen LogP contribution < -0.4 is 15.4 Å². The predicted molar refractivity (Wildman–Crippen MR) is 104 cm³/mol. The third kappa shape index (κ3) is 5.93. The van der Waals surface area contributed by atoms with Crippen molar-refractivity contribution in [2.45, 2.75) is 13.3 Å². The lowest BCUT2D eigenvalue weighted by atomic mass is 10.2. The van der Waals surface area contributed by atoms with Crippen molar-refractivity contribution in [1.29, 1.82) is 0 Å². The number of anilines is 1. The second-order valence-electron chi connectivity index (χ2n) is 5.61. The maximum Gasteiger partial charge on any atom is 0.244 e. The topological polar surface area (TPSA) is 67.4 Å². The Morgan fingerprint density at radius 2 is 1.88 bits per heavy atom. The third-order valence-electron chi connectivity index (χ3n) is 3.74. The Morgan fingerprint density at radius 1 is 1.15 bits per heavy atom. The van der Waals surface area contributed by atoms with Crippen LogP contribution in [0.1, 0.15) is 17.5 Å². The average molecular weight is 373 g/mol. The zero-order valence-electron chi connectivity index (χ0n) is 14.7. The standard InChI is InChI=1S/C20H21ClN2O3/c1-14-17(21)4-3-5-18(14)23-20(25)12-13-22-19(24)11-8-15-6-9-16(26-2)10-7-15/h3-11H,12-13H2,1-2H3,(H,22,24)(H,23,25)/b11-8+. The minimum Gasteiger partial charge on any atom is -0.497 e. The minimum atomic E-state index is -0.257. The van der Waals surface area contributed by atoms with Gasteiger partial charge in [0.25, 0.3) is 0 Å². The van der Waals surface area contributed by atoms with Crippen LogP contribution in [0.15, 0.2) is 48.5 Å². The molecule has 0 aliphatic rings.